The molecule has 100 valence electrons. The molecule has 0 unspecified atom stereocenters. The first-order chi connectivity index (χ1) is 9.83. The van der Waals surface area contributed by atoms with Crippen LogP contribution in [0.25, 0.3) is 11.0 Å². The molecule has 1 aliphatic heterocycles. The molecule has 7 nitrogen and oxygen atoms in total. The summed E-state index contributed by atoms with van der Waals surface area (Å²) in [5.74, 6) is -0.0234. The highest BCUT2D eigenvalue weighted by molar-refractivity contribution is 6.04. The Hall–Kier alpha value is -2.70. The van der Waals surface area contributed by atoms with E-state index in [-0.39, 0.29) is 5.91 Å². The van der Waals surface area contributed by atoms with Crippen LogP contribution in [0.3, 0.4) is 0 Å². The molecule has 0 radical (unpaired) electrons. The number of rotatable bonds is 1. The molecule has 0 saturated carbocycles. The monoisotopic (exact) mass is 268 g/mol. The minimum atomic E-state index is -0.0234. The van der Waals surface area contributed by atoms with Gasteiger partial charge in [-0.15, -0.1) is 0 Å². The van der Waals surface area contributed by atoms with Crippen molar-refractivity contribution in [3.63, 3.8) is 0 Å². The third kappa shape index (κ3) is 1.59. The van der Waals surface area contributed by atoms with E-state index in [9.17, 15) is 4.79 Å². The number of fused-ring (bicyclic) bond motifs is 2. The summed E-state index contributed by atoms with van der Waals surface area (Å²) < 4.78 is 0. The van der Waals surface area contributed by atoms with Crippen LogP contribution >= 0.6 is 0 Å². The van der Waals surface area contributed by atoms with Crippen molar-refractivity contribution in [1.82, 2.24) is 30.3 Å². The van der Waals surface area contributed by atoms with E-state index in [2.05, 4.69) is 25.4 Å². The summed E-state index contributed by atoms with van der Waals surface area (Å²) in [6.45, 7) is 1.23. The Morgan fingerprint density at radius 3 is 3.20 bits per heavy atom. The van der Waals surface area contributed by atoms with Gasteiger partial charge in [-0.2, -0.15) is 15.4 Å². The van der Waals surface area contributed by atoms with E-state index in [1.54, 1.807) is 12.4 Å². The summed E-state index contributed by atoms with van der Waals surface area (Å²) in [5.41, 5.74) is 3.97. The summed E-state index contributed by atoms with van der Waals surface area (Å²) in [6, 6.07) is 5.44. The molecular weight excluding hydrogens is 256 g/mol. The molecule has 0 spiro atoms. The quantitative estimate of drug-likeness (QED) is 0.685. The number of H-pyrrole nitrogens is 2. The number of hydrogen-bond acceptors (Lipinski definition) is 4. The number of amides is 1. The fourth-order valence-corrected chi connectivity index (χ4v) is 2.60. The molecule has 20 heavy (non-hydrogen) atoms. The van der Waals surface area contributed by atoms with Crippen molar-refractivity contribution < 1.29 is 4.79 Å². The summed E-state index contributed by atoms with van der Waals surface area (Å²) >= 11 is 0. The van der Waals surface area contributed by atoms with Crippen LogP contribution in [0.1, 0.15) is 21.7 Å². The fourth-order valence-electron chi connectivity index (χ4n) is 2.60. The zero-order chi connectivity index (χ0) is 13.5. The predicted octanol–water partition coefficient (Wildman–Crippen LogP) is 0.880. The van der Waals surface area contributed by atoms with Crippen LogP contribution in [-0.2, 0) is 13.0 Å². The van der Waals surface area contributed by atoms with E-state index in [4.69, 9.17) is 0 Å². The van der Waals surface area contributed by atoms with Crippen LogP contribution in [0.4, 0.5) is 0 Å². The van der Waals surface area contributed by atoms with Gasteiger partial charge in [-0.1, -0.05) is 6.07 Å². The van der Waals surface area contributed by atoms with Gasteiger partial charge in [0.2, 0.25) is 0 Å². The predicted molar refractivity (Wildman–Crippen MR) is 70.9 cm³/mol. The van der Waals surface area contributed by atoms with Crippen LogP contribution in [0, 0.1) is 0 Å². The molecule has 0 aliphatic carbocycles. The first kappa shape index (κ1) is 11.2. The van der Waals surface area contributed by atoms with Crippen molar-refractivity contribution in [2.24, 2.45) is 0 Å². The van der Waals surface area contributed by atoms with E-state index < -0.39 is 0 Å². The summed E-state index contributed by atoms with van der Waals surface area (Å²) in [6.07, 6.45) is 2.45. The Morgan fingerprint density at radius 1 is 1.30 bits per heavy atom. The SMILES string of the molecule is O=C(c1cccc2n[nH]nc12)N1CCc2nc[nH]c2C1. The molecule has 0 bridgehead atoms. The van der Waals surface area contributed by atoms with Crippen molar-refractivity contribution in [1.29, 1.82) is 0 Å². The van der Waals surface area contributed by atoms with Gasteiger partial charge in [0.1, 0.15) is 11.0 Å². The van der Waals surface area contributed by atoms with Gasteiger partial charge in [0.05, 0.1) is 29.8 Å². The first-order valence-electron chi connectivity index (χ1n) is 6.43. The Labute approximate surface area is 114 Å². The van der Waals surface area contributed by atoms with E-state index in [1.807, 2.05) is 17.0 Å². The van der Waals surface area contributed by atoms with Gasteiger partial charge in [-0.3, -0.25) is 4.79 Å². The molecular formula is C13H12N6O. The highest BCUT2D eigenvalue weighted by Crippen LogP contribution is 2.20. The maximum absolute atomic E-state index is 12.7. The van der Waals surface area contributed by atoms with E-state index in [0.717, 1.165) is 17.8 Å². The number of nitrogens with zero attached hydrogens (tertiary/aromatic N) is 4. The molecule has 2 aromatic heterocycles. The third-order valence-corrected chi connectivity index (χ3v) is 3.64. The molecule has 0 atom stereocenters. The number of carbonyl (C=O) groups is 1. The second-order valence-corrected chi connectivity index (χ2v) is 4.80. The standard InChI is InChI=1S/C13H12N6O/c20-13(8-2-1-3-10-12(8)17-18-16-10)19-5-4-9-11(6-19)15-7-14-9/h1-3,7H,4-6H2,(H,14,15)(H,16,17,18). The number of aromatic nitrogens is 5. The van der Waals surface area contributed by atoms with Crippen LogP contribution in [0.5, 0.6) is 0 Å². The molecule has 3 heterocycles. The van der Waals surface area contributed by atoms with Crippen LogP contribution in [0.15, 0.2) is 24.5 Å². The Bertz CT molecular complexity index is 789. The number of imidazole rings is 1. The zero-order valence-corrected chi connectivity index (χ0v) is 10.6. The molecule has 2 N–H and O–H groups in total. The van der Waals surface area contributed by atoms with E-state index in [0.29, 0.717) is 29.7 Å². The largest absolute Gasteiger partial charge is 0.347 e. The molecule has 4 rings (SSSR count). The lowest BCUT2D eigenvalue weighted by molar-refractivity contribution is 0.0733. The van der Waals surface area contributed by atoms with E-state index >= 15 is 0 Å². The molecule has 7 heteroatoms. The topological polar surface area (TPSA) is 90.6 Å². The lowest BCUT2D eigenvalue weighted by Gasteiger charge is -2.26. The zero-order valence-electron chi connectivity index (χ0n) is 10.6. The smallest absolute Gasteiger partial charge is 0.256 e. The van der Waals surface area contributed by atoms with Gasteiger partial charge >= 0.3 is 0 Å². The highest BCUT2D eigenvalue weighted by atomic mass is 16.2. The average molecular weight is 268 g/mol. The van der Waals surface area contributed by atoms with Gasteiger partial charge < -0.3 is 9.88 Å². The molecule has 0 saturated heterocycles. The van der Waals surface area contributed by atoms with Gasteiger partial charge in [-0.25, -0.2) is 4.98 Å². The maximum Gasteiger partial charge on any atom is 0.256 e. The van der Waals surface area contributed by atoms with Crippen molar-refractivity contribution in [2.75, 3.05) is 6.54 Å². The second kappa shape index (κ2) is 4.16. The van der Waals surface area contributed by atoms with E-state index in [1.165, 1.54) is 0 Å². The normalized spacial score (nSPS) is 14.5. The highest BCUT2D eigenvalue weighted by Gasteiger charge is 2.25. The minimum absolute atomic E-state index is 0.0234. The third-order valence-electron chi connectivity index (χ3n) is 3.64. The van der Waals surface area contributed by atoms with Crippen LogP contribution in [0.2, 0.25) is 0 Å². The molecule has 1 amide bonds. The van der Waals surface area contributed by atoms with Crippen LogP contribution < -0.4 is 0 Å². The Balaban J connectivity index is 1.70. The number of hydrogen-bond donors (Lipinski definition) is 2. The first-order valence-corrected chi connectivity index (χ1v) is 6.43. The number of aromatic amines is 2. The number of carbonyl (C=O) groups excluding carboxylic acids is 1. The Kier molecular flexibility index (Phi) is 2.32. The summed E-state index contributed by atoms with van der Waals surface area (Å²) in [4.78, 5) is 21.8. The minimum Gasteiger partial charge on any atom is -0.347 e. The van der Waals surface area contributed by atoms with Crippen molar-refractivity contribution in [3.8, 4) is 0 Å². The lowest BCUT2D eigenvalue weighted by Crippen LogP contribution is -2.36. The molecule has 3 aromatic rings. The van der Waals surface area contributed by atoms with Gasteiger partial charge in [0, 0.05) is 13.0 Å². The second-order valence-electron chi connectivity index (χ2n) is 4.80. The molecule has 1 aromatic carbocycles. The maximum atomic E-state index is 12.7. The fraction of sp³-hybridized carbons (Fsp3) is 0.231. The number of benzene rings is 1. The van der Waals surface area contributed by atoms with Gasteiger partial charge in [0.25, 0.3) is 5.91 Å². The molecule has 1 aliphatic rings. The summed E-state index contributed by atoms with van der Waals surface area (Å²) in [7, 11) is 0. The summed E-state index contributed by atoms with van der Waals surface area (Å²) in [5, 5.41) is 10.6. The number of para-hydroxylation sites is 1. The van der Waals surface area contributed by atoms with Crippen molar-refractivity contribution in [3.05, 3.63) is 41.5 Å². The molecule has 0 fully saturated rings. The van der Waals surface area contributed by atoms with Crippen molar-refractivity contribution >= 4 is 16.9 Å². The lowest BCUT2D eigenvalue weighted by atomic mass is 10.1. The average Bonchev–Trinajstić information content (AvgIpc) is 3.13. The Morgan fingerprint density at radius 2 is 2.25 bits per heavy atom. The van der Waals surface area contributed by atoms with Crippen LogP contribution in [-0.4, -0.2) is 42.7 Å². The van der Waals surface area contributed by atoms with Crippen molar-refractivity contribution in [2.45, 2.75) is 13.0 Å². The van der Waals surface area contributed by atoms with Gasteiger partial charge in [-0.05, 0) is 12.1 Å². The number of nitrogens with one attached hydrogen (secondary N) is 2. The van der Waals surface area contributed by atoms with Gasteiger partial charge in [0.15, 0.2) is 0 Å².